The van der Waals surface area contributed by atoms with E-state index in [1.807, 2.05) is 11.9 Å². The van der Waals surface area contributed by atoms with Crippen molar-refractivity contribution in [3.63, 3.8) is 0 Å². The Hall–Kier alpha value is -1.43. The Morgan fingerprint density at radius 1 is 1.53 bits per heavy atom. The fourth-order valence-corrected chi connectivity index (χ4v) is 1.39. The predicted molar refractivity (Wildman–Crippen MR) is 61.5 cm³/mol. The van der Waals surface area contributed by atoms with Gasteiger partial charge in [0.1, 0.15) is 0 Å². The van der Waals surface area contributed by atoms with Crippen LogP contribution in [-0.4, -0.2) is 39.7 Å². The van der Waals surface area contributed by atoms with Gasteiger partial charge in [-0.2, -0.15) is 4.98 Å². The minimum atomic E-state index is -0.800. The maximum Gasteiger partial charge on any atom is 0.304 e. The summed E-state index contributed by atoms with van der Waals surface area (Å²) in [5.41, 5.74) is 0. The van der Waals surface area contributed by atoms with E-state index in [0.29, 0.717) is 19.0 Å². The molecule has 0 amide bonds. The Bertz CT molecular complexity index is 351. The van der Waals surface area contributed by atoms with E-state index < -0.39 is 5.97 Å². The Morgan fingerprint density at radius 2 is 2.29 bits per heavy atom. The highest BCUT2D eigenvalue weighted by molar-refractivity contribution is 5.66. The predicted octanol–water partition coefficient (Wildman–Crippen LogP) is 1.32. The molecule has 0 radical (unpaired) electrons. The van der Waals surface area contributed by atoms with Gasteiger partial charge in [0.15, 0.2) is 5.82 Å². The van der Waals surface area contributed by atoms with Crippen LogP contribution in [0.25, 0.3) is 0 Å². The molecule has 0 aliphatic rings. The molecule has 0 aliphatic heterocycles. The molecule has 0 bridgehead atoms. The molecule has 1 aromatic rings. The van der Waals surface area contributed by atoms with Gasteiger partial charge in [-0.05, 0) is 13.5 Å². The molecule has 0 spiro atoms. The van der Waals surface area contributed by atoms with Crippen LogP contribution >= 0.6 is 0 Å². The first-order valence-electron chi connectivity index (χ1n) is 5.83. The van der Waals surface area contributed by atoms with Gasteiger partial charge in [0.2, 0.25) is 5.89 Å². The maximum absolute atomic E-state index is 10.4. The van der Waals surface area contributed by atoms with Crippen molar-refractivity contribution in [3.8, 4) is 0 Å². The number of unbranched alkanes of at least 4 members (excludes halogenated alkanes) is 1. The topological polar surface area (TPSA) is 79.5 Å². The van der Waals surface area contributed by atoms with E-state index in [4.69, 9.17) is 9.63 Å². The smallest absolute Gasteiger partial charge is 0.304 e. The van der Waals surface area contributed by atoms with Crippen LogP contribution in [0, 0.1) is 0 Å². The van der Waals surface area contributed by atoms with E-state index >= 15 is 0 Å². The third-order valence-electron chi connectivity index (χ3n) is 2.38. The summed E-state index contributed by atoms with van der Waals surface area (Å²) < 4.78 is 5.09. The molecule has 6 heteroatoms. The number of aliphatic carboxylic acids is 1. The van der Waals surface area contributed by atoms with Gasteiger partial charge in [0, 0.05) is 13.0 Å². The summed E-state index contributed by atoms with van der Waals surface area (Å²) in [6.07, 6.45) is 3.10. The van der Waals surface area contributed by atoms with Crippen molar-refractivity contribution in [1.29, 1.82) is 0 Å². The Morgan fingerprint density at radius 3 is 2.94 bits per heavy atom. The number of aryl methyl sites for hydroxylation is 1. The zero-order chi connectivity index (χ0) is 12.7. The van der Waals surface area contributed by atoms with Gasteiger partial charge in [-0.3, -0.25) is 9.69 Å². The van der Waals surface area contributed by atoms with Gasteiger partial charge in [0.25, 0.3) is 0 Å². The number of aromatic nitrogens is 2. The highest BCUT2D eigenvalue weighted by Crippen LogP contribution is 2.04. The first-order chi connectivity index (χ1) is 8.11. The van der Waals surface area contributed by atoms with E-state index in [9.17, 15) is 4.79 Å². The number of hydrogen-bond acceptors (Lipinski definition) is 5. The Balaban J connectivity index is 2.35. The number of carboxylic acid groups (broad SMARTS) is 1. The summed E-state index contributed by atoms with van der Waals surface area (Å²) in [4.78, 5) is 16.5. The lowest BCUT2D eigenvalue weighted by Gasteiger charge is -2.11. The second-order valence-corrected chi connectivity index (χ2v) is 4.09. The van der Waals surface area contributed by atoms with Crippen molar-refractivity contribution < 1.29 is 14.4 Å². The Labute approximate surface area is 101 Å². The summed E-state index contributed by atoms with van der Waals surface area (Å²) >= 11 is 0. The van der Waals surface area contributed by atoms with Crippen LogP contribution in [0.1, 0.15) is 37.9 Å². The number of carboxylic acids is 1. The van der Waals surface area contributed by atoms with Crippen molar-refractivity contribution in [3.05, 3.63) is 11.7 Å². The van der Waals surface area contributed by atoms with Crippen molar-refractivity contribution in [2.45, 2.75) is 39.2 Å². The molecule has 1 aromatic heterocycles. The standard InChI is InChI=1S/C11H19N3O3/c1-3-4-5-9-12-10(17-13-9)8-14(2)7-6-11(15)16/h3-8H2,1-2H3,(H,15,16). The minimum absolute atomic E-state index is 0.118. The van der Waals surface area contributed by atoms with E-state index in [2.05, 4.69) is 17.1 Å². The van der Waals surface area contributed by atoms with Crippen LogP contribution in [0.15, 0.2) is 4.52 Å². The van der Waals surface area contributed by atoms with Crippen LogP contribution in [0.4, 0.5) is 0 Å². The molecule has 17 heavy (non-hydrogen) atoms. The van der Waals surface area contributed by atoms with E-state index in [-0.39, 0.29) is 6.42 Å². The SMILES string of the molecule is CCCCc1noc(CN(C)CCC(=O)O)n1. The molecule has 0 aromatic carbocycles. The second kappa shape index (κ2) is 7.01. The molecule has 0 saturated carbocycles. The van der Waals surface area contributed by atoms with Gasteiger partial charge < -0.3 is 9.63 Å². The van der Waals surface area contributed by atoms with Crippen molar-refractivity contribution in [1.82, 2.24) is 15.0 Å². The summed E-state index contributed by atoms with van der Waals surface area (Å²) in [6, 6.07) is 0. The Kier molecular flexibility index (Phi) is 5.62. The molecule has 1 heterocycles. The van der Waals surface area contributed by atoms with Crippen LogP contribution < -0.4 is 0 Å². The molecule has 0 unspecified atom stereocenters. The lowest BCUT2D eigenvalue weighted by molar-refractivity contribution is -0.137. The molecule has 0 atom stereocenters. The summed E-state index contributed by atoms with van der Waals surface area (Å²) in [5.74, 6) is 0.475. The van der Waals surface area contributed by atoms with E-state index in [1.165, 1.54) is 0 Å². The highest BCUT2D eigenvalue weighted by Gasteiger charge is 2.09. The van der Waals surface area contributed by atoms with Gasteiger partial charge in [0.05, 0.1) is 13.0 Å². The van der Waals surface area contributed by atoms with Gasteiger partial charge in [-0.1, -0.05) is 18.5 Å². The third kappa shape index (κ3) is 5.44. The lowest BCUT2D eigenvalue weighted by atomic mass is 10.2. The van der Waals surface area contributed by atoms with Gasteiger partial charge >= 0.3 is 5.97 Å². The van der Waals surface area contributed by atoms with Crippen molar-refractivity contribution in [2.75, 3.05) is 13.6 Å². The van der Waals surface area contributed by atoms with Crippen molar-refractivity contribution in [2.24, 2.45) is 0 Å². The fraction of sp³-hybridized carbons (Fsp3) is 0.727. The van der Waals surface area contributed by atoms with E-state index in [0.717, 1.165) is 25.1 Å². The maximum atomic E-state index is 10.4. The first-order valence-corrected chi connectivity index (χ1v) is 5.83. The first kappa shape index (κ1) is 13.6. The van der Waals surface area contributed by atoms with Crippen LogP contribution in [0.5, 0.6) is 0 Å². The molecule has 1 rings (SSSR count). The van der Waals surface area contributed by atoms with Crippen LogP contribution in [-0.2, 0) is 17.8 Å². The number of nitrogens with zero attached hydrogens (tertiary/aromatic N) is 3. The van der Waals surface area contributed by atoms with Gasteiger partial charge in [-0.15, -0.1) is 0 Å². The molecule has 6 nitrogen and oxygen atoms in total. The molecule has 0 saturated heterocycles. The molecule has 96 valence electrons. The zero-order valence-corrected chi connectivity index (χ0v) is 10.3. The molecular weight excluding hydrogens is 222 g/mol. The molecular formula is C11H19N3O3. The number of rotatable bonds is 8. The second-order valence-electron chi connectivity index (χ2n) is 4.09. The normalized spacial score (nSPS) is 11.0. The van der Waals surface area contributed by atoms with Crippen LogP contribution in [0.3, 0.4) is 0 Å². The number of carbonyl (C=O) groups is 1. The van der Waals surface area contributed by atoms with E-state index in [1.54, 1.807) is 0 Å². The van der Waals surface area contributed by atoms with Crippen LogP contribution in [0.2, 0.25) is 0 Å². The molecule has 0 fully saturated rings. The average molecular weight is 241 g/mol. The zero-order valence-electron chi connectivity index (χ0n) is 10.3. The summed E-state index contributed by atoms with van der Waals surface area (Å²) in [6.45, 7) is 3.08. The summed E-state index contributed by atoms with van der Waals surface area (Å²) in [7, 11) is 1.83. The highest BCUT2D eigenvalue weighted by atomic mass is 16.5. The largest absolute Gasteiger partial charge is 0.481 e. The lowest BCUT2D eigenvalue weighted by Crippen LogP contribution is -2.21. The quantitative estimate of drug-likeness (QED) is 0.739. The van der Waals surface area contributed by atoms with Crippen molar-refractivity contribution >= 4 is 5.97 Å². The number of hydrogen-bond donors (Lipinski definition) is 1. The molecule has 1 N–H and O–H groups in total. The molecule has 0 aliphatic carbocycles. The summed E-state index contributed by atoms with van der Waals surface area (Å²) in [5, 5.41) is 12.4. The van der Waals surface area contributed by atoms with Gasteiger partial charge in [-0.25, -0.2) is 0 Å². The minimum Gasteiger partial charge on any atom is -0.481 e. The monoisotopic (exact) mass is 241 g/mol. The fourth-order valence-electron chi connectivity index (χ4n) is 1.39. The average Bonchev–Trinajstić information content (AvgIpc) is 2.71. The third-order valence-corrected chi connectivity index (χ3v) is 2.38.